The van der Waals surface area contributed by atoms with E-state index in [1.165, 1.54) is 0 Å². The Labute approximate surface area is 124 Å². The van der Waals surface area contributed by atoms with Crippen LogP contribution in [0.25, 0.3) is 0 Å². The van der Waals surface area contributed by atoms with Gasteiger partial charge in [-0.15, -0.1) is 11.6 Å². The number of benzene rings is 1. The van der Waals surface area contributed by atoms with Gasteiger partial charge in [0.05, 0.1) is 16.7 Å². The fraction of sp³-hybridized carbons (Fsp3) is 0.467. The van der Waals surface area contributed by atoms with E-state index in [4.69, 9.17) is 11.6 Å². The van der Waals surface area contributed by atoms with Crippen molar-refractivity contribution in [3.8, 4) is 0 Å². The average Bonchev–Trinajstić information content (AvgIpc) is 2.45. The number of nitrogens with one attached hydrogen (secondary N) is 2. The van der Waals surface area contributed by atoms with E-state index in [2.05, 4.69) is 10.6 Å². The summed E-state index contributed by atoms with van der Waals surface area (Å²) in [5.41, 5.74) is 0.276. The molecule has 0 saturated heterocycles. The second kappa shape index (κ2) is 7.29. The first-order valence-corrected chi connectivity index (χ1v) is 7.20. The van der Waals surface area contributed by atoms with Crippen molar-refractivity contribution >= 4 is 29.1 Å². The summed E-state index contributed by atoms with van der Waals surface area (Å²) in [5.74, 6) is -0.182. The molecule has 0 aromatic heterocycles. The summed E-state index contributed by atoms with van der Waals surface area (Å²) in [4.78, 5) is 24.2. The Balaban J connectivity index is 2.91. The van der Waals surface area contributed by atoms with Crippen molar-refractivity contribution < 1.29 is 9.59 Å². The quantitative estimate of drug-likeness (QED) is 0.793. The van der Waals surface area contributed by atoms with Crippen LogP contribution in [0.15, 0.2) is 24.3 Å². The predicted molar refractivity (Wildman–Crippen MR) is 82.2 cm³/mol. The Bertz CT molecular complexity index is 487. The van der Waals surface area contributed by atoms with Crippen molar-refractivity contribution in [1.82, 2.24) is 5.32 Å². The highest BCUT2D eigenvalue weighted by atomic mass is 35.5. The van der Waals surface area contributed by atoms with Crippen LogP contribution in [-0.4, -0.2) is 24.2 Å². The van der Waals surface area contributed by atoms with E-state index in [0.29, 0.717) is 17.8 Å². The zero-order valence-electron chi connectivity index (χ0n) is 12.1. The largest absolute Gasteiger partial charge is 0.352 e. The number of anilines is 1. The summed E-state index contributed by atoms with van der Waals surface area (Å²) >= 11 is 5.79. The highest BCUT2D eigenvalue weighted by molar-refractivity contribution is 6.20. The molecule has 2 amide bonds. The summed E-state index contributed by atoms with van der Waals surface area (Å²) in [7, 11) is 0. The molecule has 0 aliphatic heterocycles. The molecule has 0 fully saturated rings. The Morgan fingerprint density at radius 3 is 2.50 bits per heavy atom. The molecule has 0 aliphatic carbocycles. The van der Waals surface area contributed by atoms with Gasteiger partial charge in [-0.2, -0.15) is 0 Å². The lowest BCUT2D eigenvalue weighted by atomic mass is 9.95. The lowest BCUT2D eigenvalue weighted by Gasteiger charge is -2.21. The number of hydrogen-bond acceptors (Lipinski definition) is 2. The highest BCUT2D eigenvalue weighted by Gasteiger charge is 2.27. The van der Waals surface area contributed by atoms with Crippen LogP contribution in [-0.2, 0) is 4.79 Å². The molecule has 2 N–H and O–H groups in total. The zero-order valence-corrected chi connectivity index (χ0v) is 12.9. The van der Waals surface area contributed by atoms with Gasteiger partial charge in [-0.05, 0) is 32.4 Å². The van der Waals surface area contributed by atoms with E-state index in [1.807, 2.05) is 6.92 Å². The van der Waals surface area contributed by atoms with Crippen molar-refractivity contribution in [3.63, 3.8) is 0 Å². The monoisotopic (exact) mass is 296 g/mol. The van der Waals surface area contributed by atoms with Gasteiger partial charge in [-0.3, -0.25) is 9.59 Å². The van der Waals surface area contributed by atoms with Crippen LogP contribution in [0, 0.1) is 5.41 Å². The van der Waals surface area contributed by atoms with Gasteiger partial charge in [0.1, 0.15) is 0 Å². The first kappa shape index (κ1) is 16.5. The van der Waals surface area contributed by atoms with Crippen molar-refractivity contribution in [2.24, 2.45) is 5.41 Å². The maximum Gasteiger partial charge on any atom is 0.253 e. The number of carbonyl (C=O) groups excluding carboxylic acids is 2. The Kier molecular flexibility index (Phi) is 6.02. The minimum atomic E-state index is -0.686. The molecule has 0 atom stereocenters. The topological polar surface area (TPSA) is 58.2 Å². The van der Waals surface area contributed by atoms with Crippen LogP contribution in [0.3, 0.4) is 0 Å². The molecule has 0 spiro atoms. The summed E-state index contributed by atoms with van der Waals surface area (Å²) < 4.78 is 0. The number of carbonyl (C=O) groups is 2. The number of hydrogen-bond donors (Lipinski definition) is 2. The van der Waals surface area contributed by atoms with Crippen molar-refractivity contribution in [1.29, 1.82) is 0 Å². The molecule has 4 nitrogen and oxygen atoms in total. The van der Waals surface area contributed by atoms with Gasteiger partial charge in [0.25, 0.3) is 5.91 Å². The molecule has 0 saturated carbocycles. The number of halogens is 1. The zero-order chi connectivity index (χ0) is 15.2. The average molecular weight is 297 g/mol. The first-order chi connectivity index (χ1) is 9.42. The van der Waals surface area contributed by atoms with Gasteiger partial charge in [0, 0.05) is 12.4 Å². The fourth-order valence-corrected chi connectivity index (χ4v) is 1.60. The molecular formula is C15H21ClN2O2. The molecule has 110 valence electrons. The summed E-state index contributed by atoms with van der Waals surface area (Å²) in [5, 5.41) is 5.57. The minimum Gasteiger partial charge on any atom is -0.352 e. The molecule has 0 aliphatic rings. The fourth-order valence-electron chi connectivity index (χ4n) is 1.48. The van der Waals surface area contributed by atoms with Crippen molar-refractivity contribution in [3.05, 3.63) is 29.8 Å². The van der Waals surface area contributed by atoms with Gasteiger partial charge in [-0.1, -0.05) is 19.1 Å². The SMILES string of the molecule is CCCNC(=O)c1ccccc1NC(=O)C(C)(C)CCl. The smallest absolute Gasteiger partial charge is 0.253 e. The first-order valence-electron chi connectivity index (χ1n) is 6.67. The Morgan fingerprint density at radius 2 is 1.90 bits per heavy atom. The number of rotatable bonds is 6. The lowest BCUT2D eigenvalue weighted by molar-refractivity contribution is -0.122. The molecule has 5 heteroatoms. The standard InChI is InChI=1S/C15H21ClN2O2/c1-4-9-17-13(19)11-7-5-6-8-12(11)18-14(20)15(2,3)10-16/h5-8H,4,9-10H2,1-3H3,(H,17,19)(H,18,20). The van der Waals surface area contributed by atoms with E-state index in [0.717, 1.165) is 6.42 Å². The highest BCUT2D eigenvalue weighted by Crippen LogP contribution is 2.22. The third-order valence-electron chi connectivity index (χ3n) is 2.90. The van der Waals surface area contributed by atoms with Crippen LogP contribution in [0.4, 0.5) is 5.69 Å². The Hall–Kier alpha value is -1.55. The third kappa shape index (κ3) is 4.23. The lowest BCUT2D eigenvalue weighted by Crippen LogP contribution is -2.33. The molecule has 0 bridgehead atoms. The predicted octanol–water partition coefficient (Wildman–Crippen LogP) is 3.03. The molecule has 1 rings (SSSR count). The van der Waals surface area contributed by atoms with E-state index in [1.54, 1.807) is 38.1 Å². The van der Waals surface area contributed by atoms with Crippen LogP contribution < -0.4 is 10.6 Å². The normalized spacial score (nSPS) is 11.0. The minimum absolute atomic E-state index is 0.188. The second-order valence-electron chi connectivity index (χ2n) is 5.27. The number of para-hydroxylation sites is 1. The van der Waals surface area contributed by atoms with E-state index in [9.17, 15) is 9.59 Å². The molecule has 0 heterocycles. The van der Waals surface area contributed by atoms with Crippen LogP contribution in [0.1, 0.15) is 37.6 Å². The molecule has 20 heavy (non-hydrogen) atoms. The van der Waals surface area contributed by atoms with E-state index < -0.39 is 5.41 Å². The molecule has 0 radical (unpaired) electrons. The van der Waals surface area contributed by atoms with Crippen molar-refractivity contribution in [2.45, 2.75) is 27.2 Å². The second-order valence-corrected chi connectivity index (χ2v) is 5.54. The van der Waals surface area contributed by atoms with E-state index in [-0.39, 0.29) is 17.7 Å². The maximum absolute atomic E-state index is 12.1. The molecular weight excluding hydrogens is 276 g/mol. The molecule has 1 aromatic carbocycles. The molecule has 1 aromatic rings. The number of alkyl halides is 1. The van der Waals surface area contributed by atoms with E-state index >= 15 is 0 Å². The van der Waals surface area contributed by atoms with Crippen LogP contribution in [0.2, 0.25) is 0 Å². The number of amides is 2. The van der Waals surface area contributed by atoms with Gasteiger partial charge in [0.15, 0.2) is 0 Å². The van der Waals surface area contributed by atoms with Crippen LogP contribution >= 0.6 is 11.6 Å². The van der Waals surface area contributed by atoms with Crippen molar-refractivity contribution in [2.75, 3.05) is 17.7 Å². The Morgan fingerprint density at radius 1 is 1.25 bits per heavy atom. The van der Waals surface area contributed by atoms with Gasteiger partial charge < -0.3 is 10.6 Å². The molecule has 0 unspecified atom stereocenters. The van der Waals surface area contributed by atoms with Crippen LogP contribution in [0.5, 0.6) is 0 Å². The third-order valence-corrected chi connectivity index (χ3v) is 3.57. The van der Waals surface area contributed by atoms with Gasteiger partial charge in [0.2, 0.25) is 5.91 Å². The van der Waals surface area contributed by atoms with Gasteiger partial charge >= 0.3 is 0 Å². The van der Waals surface area contributed by atoms with Gasteiger partial charge in [-0.25, -0.2) is 0 Å². The summed E-state index contributed by atoms with van der Waals surface area (Å²) in [6, 6.07) is 6.94. The maximum atomic E-state index is 12.1. The summed E-state index contributed by atoms with van der Waals surface area (Å²) in [6.45, 7) is 6.11. The summed E-state index contributed by atoms with van der Waals surface area (Å²) in [6.07, 6.45) is 0.861.